The zero-order chi connectivity index (χ0) is 12.6. The highest BCUT2D eigenvalue weighted by Gasteiger charge is 2.14. The molecule has 0 unspecified atom stereocenters. The SMILES string of the molecule is COc1c(O)c2ccc([N+](=O)[O-])cc2[nH]c1=O. The quantitative estimate of drug-likeness (QED) is 0.601. The van der Waals surface area contributed by atoms with E-state index in [0.29, 0.717) is 0 Å². The molecule has 0 saturated heterocycles. The summed E-state index contributed by atoms with van der Waals surface area (Å²) in [5, 5.41) is 20.6. The van der Waals surface area contributed by atoms with Crippen LogP contribution >= 0.6 is 0 Å². The number of nitrogens with zero attached hydrogens (tertiary/aromatic N) is 1. The van der Waals surface area contributed by atoms with Crippen LogP contribution in [0.4, 0.5) is 5.69 Å². The van der Waals surface area contributed by atoms with Crippen LogP contribution in [-0.2, 0) is 0 Å². The number of hydrogen-bond acceptors (Lipinski definition) is 5. The van der Waals surface area contributed by atoms with Gasteiger partial charge >= 0.3 is 0 Å². The number of benzene rings is 1. The molecule has 0 fully saturated rings. The lowest BCUT2D eigenvalue weighted by atomic mass is 10.2. The van der Waals surface area contributed by atoms with Crippen molar-refractivity contribution in [2.75, 3.05) is 7.11 Å². The third-order valence-corrected chi connectivity index (χ3v) is 2.34. The number of nitro benzene ring substituents is 1. The Bertz CT molecular complexity index is 662. The van der Waals surface area contributed by atoms with Crippen LogP contribution in [0.3, 0.4) is 0 Å². The molecule has 0 radical (unpaired) electrons. The average Bonchev–Trinajstić information content (AvgIpc) is 2.28. The van der Waals surface area contributed by atoms with E-state index in [1.807, 2.05) is 0 Å². The molecular weight excluding hydrogens is 228 g/mol. The van der Waals surface area contributed by atoms with Crippen LogP contribution in [0.1, 0.15) is 0 Å². The van der Waals surface area contributed by atoms with E-state index in [2.05, 4.69) is 4.98 Å². The summed E-state index contributed by atoms with van der Waals surface area (Å²) in [4.78, 5) is 23.8. The summed E-state index contributed by atoms with van der Waals surface area (Å²) in [5.41, 5.74) is -0.627. The molecule has 88 valence electrons. The second kappa shape index (κ2) is 3.78. The summed E-state index contributed by atoms with van der Waals surface area (Å²) >= 11 is 0. The molecule has 0 aliphatic carbocycles. The third-order valence-electron chi connectivity index (χ3n) is 2.34. The highest BCUT2D eigenvalue weighted by molar-refractivity contribution is 5.88. The van der Waals surface area contributed by atoms with E-state index < -0.39 is 10.5 Å². The van der Waals surface area contributed by atoms with E-state index in [1.54, 1.807) is 0 Å². The number of aromatic hydroxyl groups is 1. The maximum Gasteiger partial charge on any atom is 0.294 e. The van der Waals surface area contributed by atoms with Gasteiger partial charge in [-0.1, -0.05) is 0 Å². The van der Waals surface area contributed by atoms with Crippen molar-refractivity contribution in [2.24, 2.45) is 0 Å². The average molecular weight is 236 g/mol. The zero-order valence-electron chi connectivity index (χ0n) is 8.76. The number of methoxy groups -OCH3 is 1. The molecule has 0 aliphatic rings. The van der Waals surface area contributed by atoms with Gasteiger partial charge in [-0.15, -0.1) is 0 Å². The molecule has 0 aliphatic heterocycles. The van der Waals surface area contributed by atoms with Gasteiger partial charge in [0, 0.05) is 17.5 Å². The molecule has 0 saturated carbocycles. The van der Waals surface area contributed by atoms with Gasteiger partial charge in [-0.05, 0) is 6.07 Å². The van der Waals surface area contributed by atoms with Crippen LogP contribution in [0, 0.1) is 10.1 Å². The molecule has 17 heavy (non-hydrogen) atoms. The van der Waals surface area contributed by atoms with Crippen LogP contribution in [0.5, 0.6) is 11.5 Å². The summed E-state index contributed by atoms with van der Waals surface area (Å²) in [6.45, 7) is 0. The topological polar surface area (TPSA) is 105 Å². The van der Waals surface area contributed by atoms with Gasteiger partial charge in [-0.25, -0.2) is 0 Å². The molecule has 7 heteroatoms. The second-order valence-corrected chi connectivity index (χ2v) is 3.32. The number of nitrogens with one attached hydrogen (secondary N) is 1. The number of aromatic amines is 1. The van der Waals surface area contributed by atoms with Gasteiger partial charge in [0.2, 0.25) is 5.75 Å². The summed E-state index contributed by atoms with van der Waals surface area (Å²) < 4.78 is 4.73. The smallest absolute Gasteiger partial charge is 0.294 e. The van der Waals surface area contributed by atoms with E-state index in [-0.39, 0.29) is 28.1 Å². The predicted molar refractivity (Wildman–Crippen MR) is 59.4 cm³/mol. The standard InChI is InChI=1S/C10H8N2O5/c1-17-9-8(13)6-3-2-5(12(15)16)4-7(6)11-10(9)14/h2-4H,1H3,(H2,11,13,14). The van der Waals surface area contributed by atoms with E-state index in [0.717, 1.165) is 0 Å². The van der Waals surface area contributed by atoms with Crippen molar-refractivity contribution in [3.8, 4) is 11.5 Å². The Morgan fingerprint density at radius 1 is 1.47 bits per heavy atom. The molecule has 0 bridgehead atoms. The fourth-order valence-corrected chi connectivity index (χ4v) is 1.55. The highest BCUT2D eigenvalue weighted by Crippen LogP contribution is 2.31. The minimum Gasteiger partial charge on any atom is -0.504 e. The van der Waals surface area contributed by atoms with Crippen molar-refractivity contribution in [1.82, 2.24) is 4.98 Å². The van der Waals surface area contributed by atoms with Crippen LogP contribution in [0.2, 0.25) is 0 Å². The molecule has 7 nitrogen and oxygen atoms in total. The fraction of sp³-hybridized carbons (Fsp3) is 0.100. The van der Waals surface area contributed by atoms with E-state index in [1.165, 1.54) is 25.3 Å². The van der Waals surface area contributed by atoms with E-state index in [9.17, 15) is 20.0 Å². The minimum atomic E-state index is -0.641. The van der Waals surface area contributed by atoms with Gasteiger partial charge in [0.25, 0.3) is 11.2 Å². The summed E-state index contributed by atoms with van der Waals surface area (Å²) in [5.74, 6) is -0.549. The maximum atomic E-state index is 11.5. The number of pyridine rings is 1. The first-order valence-corrected chi connectivity index (χ1v) is 4.62. The van der Waals surface area contributed by atoms with Gasteiger partial charge in [-0.2, -0.15) is 0 Å². The molecule has 0 amide bonds. The molecule has 0 spiro atoms. The van der Waals surface area contributed by atoms with Crippen molar-refractivity contribution in [1.29, 1.82) is 0 Å². The molecule has 1 aromatic carbocycles. The first kappa shape index (κ1) is 10.9. The van der Waals surface area contributed by atoms with Gasteiger partial charge in [0.1, 0.15) is 0 Å². The van der Waals surface area contributed by atoms with Crippen molar-refractivity contribution in [3.05, 3.63) is 38.7 Å². The van der Waals surface area contributed by atoms with Crippen LogP contribution in [-0.4, -0.2) is 22.1 Å². The van der Waals surface area contributed by atoms with Crippen molar-refractivity contribution in [2.45, 2.75) is 0 Å². The van der Waals surface area contributed by atoms with Gasteiger partial charge in [0.05, 0.1) is 17.5 Å². The molecule has 2 N–H and O–H groups in total. The number of ether oxygens (including phenoxy) is 1. The number of H-pyrrole nitrogens is 1. The van der Waals surface area contributed by atoms with Gasteiger partial charge < -0.3 is 14.8 Å². The monoisotopic (exact) mass is 236 g/mol. The Balaban J connectivity index is 2.82. The number of fused-ring (bicyclic) bond motifs is 1. The first-order valence-electron chi connectivity index (χ1n) is 4.62. The summed E-state index contributed by atoms with van der Waals surface area (Å²) in [7, 11) is 1.25. The van der Waals surface area contributed by atoms with E-state index in [4.69, 9.17) is 4.74 Å². The molecule has 1 heterocycles. The molecule has 2 rings (SSSR count). The van der Waals surface area contributed by atoms with E-state index >= 15 is 0 Å². The number of hydrogen-bond donors (Lipinski definition) is 2. The number of non-ortho nitro benzene ring substituents is 1. The van der Waals surface area contributed by atoms with Gasteiger partial charge in [-0.3, -0.25) is 14.9 Å². The number of rotatable bonds is 2. The third kappa shape index (κ3) is 1.67. The largest absolute Gasteiger partial charge is 0.504 e. The maximum absolute atomic E-state index is 11.5. The van der Waals surface area contributed by atoms with Crippen LogP contribution in [0.25, 0.3) is 10.9 Å². The highest BCUT2D eigenvalue weighted by atomic mass is 16.6. The Morgan fingerprint density at radius 2 is 2.18 bits per heavy atom. The van der Waals surface area contributed by atoms with Crippen molar-refractivity contribution >= 4 is 16.6 Å². The summed E-state index contributed by atoms with van der Waals surface area (Å²) in [6, 6.07) is 3.76. The second-order valence-electron chi connectivity index (χ2n) is 3.32. The molecular formula is C10H8N2O5. The molecule has 1 aromatic heterocycles. The number of nitro groups is 1. The lowest BCUT2D eigenvalue weighted by Gasteiger charge is -2.05. The Morgan fingerprint density at radius 3 is 2.76 bits per heavy atom. The van der Waals surface area contributed by atoms with Crippen LogP contribution < -0.4 is 10.3 Å². The van der Waals surface area contributed by atoms with Gasteiger partial charge in [0.15, 0.2) is 5.75 Å². The minimum absolute atomic E-state index is 0.169. The zero-order valence-corrected chi connectivity index (χ0v) is 8.76. The predicted octanol–water partition coefficient (Wildman–Crippen LogP) is 1.15. The van der Waals surface area contributed by atoms with Crippen molar-refractivity contribution in [3.63, 3.8) is 0 Å². The lowest BCUT2D eigenvalue weighted by molar-refractivity contribution is -0.384. The molecule has 0 atom stereocenters. The van der Waals surface area contributed by atoms with Crippen molar-refractivity contribution < 1.29 is 14.8 Å². The molecule has 2 aromatic rings. The summed E-state index contributed by atoms with van der Waals surface area (Å²) in [6.07, 6.45) is 0. The fourth-order valence-electron chi connectivity index (χ4n) is 1.55. The normalized spacial score (nSPS) is 10.4. The first-order chi connectivity index (χ1) is 8.04. The Hall–Kier alpha value is -2.57. The number of aromatic nitrogens is 1. The Labute approximate surface area is 94.4 Å². The van der Waals surface area contributed by atoms with Crippen LogP contribution in [0.15, 0.2) is 23.0 Å². The lowest BCUT2D eigenvalue weighted by Crippen LogP contribution is -2.09. The Kier molecular flexibility index (Phi) is 2.43.